The summed E-state index contributed by atoms with van der Waals surface area (Å²) in [5, 5.41) is 3.60. The van der Waals surface area contributed by atoms with Crippen LogP contribution in [-0.4, -0.2) is 42.5 Å². The second-order valence-corrected chi connectivity index (χ2v) is 7.47. The van der Waals surface area contributed by atoms with Gasteiger partial charge in [-0.3, -0.25) is 9.59 Å². The zero-order valence-corrected chi connectivity index (χ0v) is 16.4. The third-order valence-corrected chi connectivity index (χ3v) is 5.35. The molecule has 8 heteroatoms. The number of nitrogens with zero attached hydrogens (tertiary/aromatic N) is 1. The zero-order valence-electron chi connectivity index (χ0n) is 14.9. The van der Waals surface area contributed by atoms with E-state index >= 15 is 0 Å². The van der Waals surface area contributed by atoms with E-state index in [9.17, 15) is 9.59 Å². The maximum atomic E-state index is 12.9. The van der Waals surface area contributed by atoms with Crippen LogP contribution in [0.4, 0.5) is 5.69 Å². The van der Waals surface area contributed by atoms with Gasteiger partial charge in [0.05, 0.1) is 10.6 Å². The van der Waals surface area contributed by atoms with E-state index in [1.807, 2.05) is 0 Å². The Bertz CT molecular complexity index is 934. The first-order valence-corrected chi connectivity index (χ1v) is 9.75. The molecule has 1 fully saturated rings. The summed E-state index contributed by atoms with van der Waals surface area (Å²) in [6.45, 7) is 1.46. The highest BCUT2D eigenvalue weighted by Gasteiger charge is 2.35. The number of fused-ring (bicyclic) bond motifs is 1. The SMILES string of the molecule is O=C(Nc1ccc2c(c1)OCCO2)[C@@H]1CCCN1C(=O)c1cc(Cl)ccc1Cl. The van der Waals surface area contributed by atoms with E-state index in [2.05, 4.69) is 5.32 Å². The fraction of sp³-hybridized carbons (Fsp3) is 0.300. The molecule has 1 atom stereocenters. The molecule has 0 unspecified atom stereocenters. The average Bonchev–Trinajstić information content (AvgIpc) is 3.19. The van der Waals surface area contributed by atoms with E-state index in [1.165, 1.54) is 6.07 Å². The van der Waals surface area contributed by atoms with Gasteiger partial charge in [0, 0.05) is 23.3 Å². The first-order valence-electron chi connectivity index (χ1n) is 8.99. The van der Waals surface area contributed by atoms with Crippen molar-refractivity contribution in [2.45, 2.75) is 18.9 Å². The van der Waals surface area contributed by atoms with Crippen LogP contribution < -0.4 is 14.8 Å². The second-order valence-electron chi connectivity index (χ2n) is 6.63. The lowest BCUT2D eigenvalue weighted by molar-refractivity contribution is -0.119. The Balaban J connectivity index is 1.50. The van der Waals surface area contributed by atoms with Crippen LogP contribution >= 0.6 is 23.2 Å². The Hall–Kier alpha value is -2.44. The number of ether oxygens (including phenoxy) is 2. The minimum Gasteiger partial charge on any atom is -0.486 e. The van der Waals surface area contributed by atoms with Crippen molar-refractivity contribution in [2.75, 3.05) is 25.1 Å². The van der Waals surface area contributed by atoms with Crippen molar-refractivity contribution in [3.63, 3.8) is 0 Å². The molecule has 2 aromatic rings. The van der Waals surface area contributed by atoms with Gasteiger partial charge < -0.3 is 19.7 Å². The van der Waals surface area contributed by atoms with Gasteiger partial charge in [0.1, 0.15) is 19.3 Å². The Morgan fingerprint density at radius 1 is 1.04 bits per heavy atom. The molecule has 0 spiro atoms. The molecule has 0 bridgehead atoms. The molecule has 1 N–H and O–H groups in total. The first-order chi connectivity index (χ1) is 13.5. The van der Waals surface area contributed by atoms with Crippen molar-refractivity contribution in [3.8, 4) is 11.5 Å². The molecule has 146 valence electrons. The Morgan fingerprint density at radius 2 is 1.82 bits per heavy atom. The van der Waals surface area contributed by atoms with Gasteiger partial charge in [0.2, 0.25) is 5.91 Å². The summed E-state index contributed by atoms with van der Waals surface area (Å²) in [4.78, 5) is 27.3. The number of halogens is 2. The van der Waals surface area contributed by atoms with Gasteiger partial charge >= 0.3 is 0 Å². The number of carbonyl (C=O) groups excluding carboxylic acids is 2. The number of benzene rings is 2. The van der Waals surface area contributed by atoms with Gasteiger partial charge in [-0.2, -0.15) is 0 Å². The summed E-state index contributed by atoms with van der Waals surface area (Å²) >= 11 is 12.2. The molecule has 2 amide bonds. The third-order valence-electron chi connectivity index (χ3n) is 4.78. The van der Waals surface area contributed by atoms with E-state index < -0.39 is 6.04 Å². The number of anilines is 1. The highest BCUT2D eigenvalue weighted by molar-refractivity contribution is 6.35. The van der Waals surface area contributed by atoms with Gasteiger partial charge in [0.25, 0.3) is 5.91 Å². The second kappa shape index (κ2) is 7.89. The molecule has 0 radical (unpaired) electrons. The molecule has 0 aromatic heterocycles. The predicted octanol–water partition coefficient (Wildman–Crippen LogP) is 4.01. The quantitative estimate of drug-likeness (QED) is 0.814. The normalized spacial score (nSPS) is 18.1. The van der Waals surface area contributed by atoms with E-state index in [1.54, 1.807) is 35.2 Å². The van der Waals surface area contributed by atoms with Gasteiger partial charge in [-0.15, -0.1) is 0 Å². The third kappa shape index (κ3) is 3.75. The van der Waals surface area contributed by atoms with Crippen LogP contribution in [0, 0.1) is 0 Å². The number of amides is 2. The topological polar surface area (TPSA) is 67.9 Å². The lowest BCUT2D eigenvalue weighted by Crippen LogP contribution is -2.43. The summed E-state index contributed by atoms with van der Waals surface area (Å²) in [7, 11) is 0. The van der Waals surface area contributed by atoms with E-state index in [4.69, 9.17) is 32.7 Å². The van der Waals surface area contributed by atoms with Crippen molar-refractivity contribution in [1.82, 2.24) is 4.90 Å². The van der Waals surface area contributed by atoms with Crippen LogP contribution in [-0.2, 0) is 4.79 Å². The maximum absolute atomic E-state index is 12.9. The van der Waals surface area contributed by atoms with Gasteiger partial charge in [-0.1, -0.05) is 23.2 Å². The smallest absolute Gasteiger partial charge is 0.256 e. The lowest BCUT2D eigenvalue weighted by atomic mass is 10.1. The lowest BCUT2D eigenvalue weighted by Gasteiger charge is -2.25. The van der Waals surface area contributed by atoms with Crippen LogP contribution in [0.2, 0.25) is 10.0 Å². The van der Waals surface area contributed by atoms with Crippen molar-refractivity contribution in [1.29, 1.82) is 0 Å². The maximum Gasteiger partial charge on any atom is 0.256 e. The minimum atomic E-state index is -0.573. The minimum absolute atomic E-state index is 0.249. The molecule has 6 nitrogen and oxygen atoms in total. The van der Waals surface area contributed by atoms with Crippen LogP contribution in [0.15, 0.2) is 36.4 Å². The standard InChI is InChI=1S/C20H18Cl2N2O4/c21-12-3-5-15(22)14(10-12)20(26)24-7-1-2-16(24)19(25)23-13-4-6-17-18(11-13)28-9-8-27-17/h3-6,10-11,16H,1-2,7-9H2,(H,23,25)/t16-/m0/s1. The molecule has 1 saturated heterocycles. The molecule has 2 heterocycles. The predicted molar refractivity (Wildman–Crippen MR) is 107 cm³/mol. The van der Waals surface area contributed by atoms with Gasteiger partial charge in [-0.25, -0.2) is 0 Å². The summed E-state index contributed by atoms with van der Waals surface area (Å²) < 4.78 is 11.0. The first kappa shape index (κ1) is 18.9. The summed E-state index contributed by atoms with van der Waals surface area (Å²) in [6, 6.07) is 9.39. The van der Waals surface area contributed by atoms with Crippen molar-refractivity contribution < 1.29 is 19.1 Å². The van der Waals surface area contributed by atoms with Crippen LogP contribution in [0.1, 0.15) is 23.2 Å². The van der Waals surface area contributed by atoms with Gasteiger partial charge in [-0.05, 0) is 43.2 Å². The molecule has 2 aliphatic rings. The number of hydrogen-bond acceptors (Lipinski definition) is 4. The highest BCUT2D eigenvalue weighted by atomic mass is 35.5. The molecule has 0 saturated carbocycles. The molecule has 28 heavy (non-hydrogen) atoms. The Kier molecular flexibility index (Phi) is 5.33. The molecular weight excluding hydrogens is 403 g/mol. The number of carbonyl (C=O) groups is 2. The number of likely N-dealkylation sites (tertiary alicyclic amines) is 1. The van der Waals surface area contributed by atoms with Crippen molar-refractivity contribution in [3.05, 3.63) is 52.0 Å². The van der Waals surface area contributed by atoms with Crippen molar-refractivity contribution >= 4 is 40.7 Å². The molecule has 2 aliphatic heterocycles. The van der Waals surface area contributed by atoms with Crippen LogP contribution in [0.3, 0.4) is 0 Å². The zero-order chi connectivity index (χ0) is 19.7. The van der Waals surface area contributed by atoms with Crippen LogP contribution in [0.25, 0.3) is 0 Å². The van der Waals surface area contributed by atoms with Crippen molar-refractivity contribution in [2.24, 2.45) is 0 Å². The molecule has 2 aromatic carbocycles. The summed E-state index contributed by atoms with van der Waals surface area (Å²) in [5.74, 6) is 0.694. The largest absolute Gasteiger partial charge is 0.486 e. The van der Waals surface area contributed by atoms with Gasteiger partial charge in [0.15, 0.2) is 11.5 Å². The molecular formula is C20H18Cl2N2O4. The number of rotatable bonds is 3. The van der Waals surface area contributed by atoms with Crippen LogP contribution in [0.5, 0.6) is 11.5 Å². The van der Waals surface area contributed by atoms with E-state index in [0.717, 1.165) is 6.42 Å². The Morgan fingerprint density at radius 3 is 2.64 bits per heavy atom. The number of hydrogen-bond donors (Lipinski definition) is 1. The highest BCUT2D eigenvalue weighted by Crippen LogP contribution is 2.33. The molecule has 0 aliphatic carbocycles. The van der Waals surface area contributed by atoms with E-state index in [0.29, 0.717) is 59.0 Å². The average molecular weight is 421 g/mol. The monoisotopic (exact) mass is 420 g/mol. The fourth-order valence-corrected chi connectivity index (χ4v) is 3.82. The fourth-order valence-electron chi connectivity index (χ4n) is 3.45. The Labute approximate surface area is 172 Å². The number of nitrogens with one attached hydrogen (secondary N) is 1. The summed E-state index contributed by atoms with van der Waals surface area (Å²) in [5.41, 5.74) is 0.891. The van der Waals surface area contributed by atoms with E-state index in [-0.39, 0.29) is 11.8 Å². The molecule has 4 rings (SSSR count). The summed E-state index contributed by atoms with van der Waals surface area (Å²) in [6.07, 6.45) is 1.32.